The molecule has 2 aliphatic heterocycles. The van der Waals surface area contributed by atoms with Gasteiger partial charge in [-0.3, -0.25) is 14.4 Å². The smallest absolute Gasteiger partial charge is 0.228 e. The van der Waals surface area contributed by atoms with Crippen LogP contribution in [0.15, 0.2) is 24.3 Å². The molecule has 3 amide bonds. The lowest BCUT2D eigenvalue weighted by atomic mass is 9.94. The molecule has 0 aliphatic carbocycles. The number of amides is 3. The number of benzene rings is 1. The SMILES string of the molecule is Cc1ccc(N2C[C@H](C(=O)N3CCC(C(=O)NCC#N)CC3)CC2=O)cc1. The number of hydrogen-bond donors (Lipinski definition) is 1. The Kier molecular flexibility index (Phi) is 5.75. The molecule has 7 heteroatoms. The molecule has 0 unspecified atom stereocenters. The van der Waals surface area contributed by atoms with E-state index in [4.69, 9.17) is 5.26 Å². The number of aryl methyl sites for hydroxylation is 1. The van der Waals surface area contributed by atoms with Crippen LogP contribution in [0.1, 0.15) is 24.8 Å². The Labute approximate surface area is 158 Å². The molecule has 1 aromatic carbocycles. The van der Waals surface area contributed by atoms with Gasteiger partial charge in [0, 0.05) is 37.7 Å². The first-order chi connectivity index (χ1) is 13.0. The minimum atomic E-state index is -0.331. The fourth-order valence-electron chi connectivity index (χ4n) is 3.74. The van der Waals surface area contributed by atoms with E-state index in [0.717, 1.165) is 11.3 Å². The zero-order valence-corrected chi connectivity index (χ0v) is 15.5. The molecule has 2 saturated heterocycles. The van der Waals surface area contributed by atoms with Crippen LogP contribution in [0.4, 0.5) is 5.69 Å². The Bertz CT molecular complexity index is 760. The summed E-state index contributed by atoms with van der Waals surface area (Å²) in [5, 5.41) is 11.1. The van der Waals surface area contributed by atoms with Gasteiger partial charge in [0.15, 0.2) is 0 Å². The number of carbonyl (C=O) groups is 3. The summed E-state index contributed by atoms with van der Waals surface area (Å²) in [6.07, 6.45) is 1.41. The summed E-state index contributed by atoms with van der Waals surface area (Å²) in [5.41, 5.74) is 1.95. The van der Waals surface area contributed by atoms with Crippen molar-refractivity contribution in [1.29, 1.82) is 5.26 Å². The van der Waals surface area contributed by atoms with Gasteiger partial charge >= 0.3 is 0 Å². The van der Waals surface area contributed by atoms with Crippen molar-refractivity contribution >= 4 is 23.4 Å². The molecule has 1 atom stereocenters. The van der Waals surface area contributed by atoms with Crippen LogP contribution in [0.3, 0.4) is 0 Å². The Hall–Kier alpha value is -2.88. The summed E-state index contributed by atoms with van der Waals surface area (Å²) < 4.78 is 0. The Morgan fingerprint density at radius 1 is 1.19 bits per heavy atom. The molecular weight excluding hydrogens is 344 g/mol. The van der Waals surface area contributed by atoms with E-state index in [9.17, 15) is 14.4 Å². The molecule has 0 aromatic heterocycles. The maximum Gasteiger partial charge on any atom is 0.228 e. The predicted octanol–water partition coefficient (Wildman–Crippen LogP) is 1.23. The molecule has 0 bridgehead atoms. The number of rotatable bonds is 4. The predicted molar refractivity (Wildman–Crippen MR) is 99.6 cm³/mol. The highest BCUT2D eigenvalue weighted by molar-refractivity contribution is 6.00. The lowest BCUT2D eigenvalue weighted by Gasteiger charge is -2.32. The van der Waals surface area contributed by atoms with Crippen molar-refractivity contribution in [2.75, 3.05) is 31.1 Å². The summed E-state index contributed by atoms with van der Waals surface area (Å²) in [6.45, 7) is 3.43. The van der Waals surface area contributed by atoms with Gasteiger partial charge in [-0.2, -0.15) is 5.26 Å². The van der Waals surface area contributed by atoms with E-state index in [1.807, 2.05) is 37.3 Å². The second-order valence-corrected chi connectivity index (χ2v) is 7.22. The number of piperidine rings is 1. The van der Waals surface area contributed by atoms with Crippen molar-refractivity contribution in [2.45, 2.75) is 26.2 Å². The lowest BCUT2D eigenvalue weighted by Crippen LogP contribution is -2.45. The van der Waals surface area contributed by atoms with Crippen molar-refractivity contribution in [3.8, 4) is 6.07 Å². The lowest BCUT2D eigenvalue weighted by molar-refractivity contribution is -0.139. The van der Waals surface area contributed by atoms with Crippen LogP contribution >= 0.6 is 0 Å². The Balaban J connectivity index is 1.55. The number of nitriles is 1. The molecular formula is C20H24N4O3. The van der Waals surface area contributed by atoms with Gasteiger partial charge in [-0.1, -0.05) is 17.7 Å². The highest BCUT2D eigenvalue weighted by Gasteiger charge is 2.38. The van der Waals surface area contributed by atoms with Gasteiger partial charge in [0.25, 0.3) is 0 Å². The Morgan fingerprint density at radius 3 is 2.48 bits per heavy atom. The molecule has 0 saturated carbocycles. The second-order valence-electron chi connectivity index (χ2n) is 7.22. The molecule has 1 N–H and O–H groups in total. The monoisotopic (exact) mass is 368 g/mol. The summed E-state index contributed by atoms with van der Waals surface area (Å²) in [7, 11) is 0. The topological polar surface area (TPSA) is 93.5 Å². The molecule has 0 radical (unpaired) electrons. The van der Waals surface area contributed by atoms with Crippen molar-refractivity contribution in [3.63, 3.8) is 0 Å². The van der Waals surface area contributed by atoms with E-state index in [1.165, 1.54) is 0 Å². The average molecular weight is 368 g/mol. The number of nitrogens with one attached hydrogen (secondary N) is 1. The maximum absolute atomic E-state index is 12.8. The van der Waals surface area contributed by atoms with Gasteiger partial charge in [0.1, 0.15) is 6.54 Å². The number of likely N-dealkylation sites (tertiary alicyclic amines) is 1. The van der Waals surface area contributed by atoms with Crippen LogP contribution < -0.4 is 10.2 Å². The van der Waals surface area contributed by atoms with Gasteiger partial charge < -0.3 is 15.1 Å². The largest absolute Gasteiger partial charge is 0.343 e. The molecule has 7 nitrogen and oxygen atoms in total. The van der Waals surface area contributed by atoms with Crippen LogP contribution in [0.25, 0.3) is 0 Å². The van der Waals surface area contributed by atoms with Crippen molar-refractivity contribution in [2.24, 2.45) is 11.8 Å². The van der Waals surface area contributed by atoms with Crippen LogP contribution in [-0.2, 0) is 14.4 Å². The van der Waals surface area contributed by atoms with Crippen LogP contribution in [-0.4, -0.2) is 48.8 Å². The second kappa shape index (κ2) is 8.21. The van der Waals surface area contributed by atoms with Crippen molar-refractivity contribution < 1.29 is 14.4 Å². The summed E-state index contributed by atoms with van der Waals surface area (Å²) >= 11 is 0. The summed E-state index contributed by atoms with van der Waals surface area (Å²) in [5.74, 6) is -0.638. The van der Waals surface area contributed by atoms with Crippen LogP contribution in [0.2, 0.25) is 0 Å². The molecule has 142 valence electrons. The maximum atomic E-state index is 12.8. The van der Waals surface area contributed by atoms with Crippen LogP contribution in [0, 0.1) is 30.1 Å². The average Bonchev–Trinajstić information content (AvgIpc) is 3.08. The molecule has 2 heterocycles. The quantitative estimate of drug-likeness (QED) is 0.809. The third-order valence-corrected chi connectivity index (χ3v) is 5.34. The summed E-state index contributed by atoms with van der Waals surface area (Å²) in [4.78, 5) is 40.6. The highest BCUT2D eigenvalue weighted by atomic mass is 16.2. The zero-order chi connectivity index (χ0) is 19.4. The van der Waals surface area contributed by atoms with E-state index >= 15 is 0 Å². The first kappa shape index (κ1) is 18.9. The van der Waals surface area contributed by atoms with Gasteiger partial charge in [0.05, 0.1) is 12.0 Å². The van der Waals surface area contributed by atoms with Gasteiger partial charge in [0.2, 0.25) is 17.7 Å². The first-order valence-corrected chi connectivity index (χ1v) is 9.30. The minimum Gasteiger partial charge on any atom is -0.343 e. The molecule has 3 rings (SSSR count). The number of nitrogens with zero attached hydrogens (tertiary/aromatic N) is 3. The Morgan fingerprint density at radius 2 is 1.85 bits per heavy atom. The number of anilines is 1. The highest BCUT2D eigenvalue weighted by Crippen LogP contribution is 2.28. The van der Waals surface area contributed by atoms with E-state index in [0.29, 0.717) is 32.5 Å². The van der Waals surface area contributed by atoms with Crippen molar-refractivity contribution in [1.82, 2.24) is 10.2 Å². The first-order valence-electron chi connectivity index (χ1n) is 9.30. The van der Waals surface area contributed by atoms with Crippen molar-refractivity contribution in [3.05, 3.63) is 29.8 Å². The van der Waals surface area contributed by atoms with Gasteiger partial charge in [-0.15, -0.1) is 0 Å². The van der Waals surface area contributed by atoms with E-state index in [-0.39, 0.29) is 42.5 Å². The van der Waals surface area contributed by atoms with E-state index < -0.39 is 0 Å². The fourth-order valence-corrected chi connectivity index (χ4v) is 3.74. The van der Waals surface area contributed by atoms with E-state index in [2.05, 4.69) is 5.32 Å². The van der Waals surface area contributed by atoms with Crippen LogP contribution in [0.5, 0.6) is 0 Å². The van der Waals surface area contributed by atoms with Gasteiger partial charge in [-0.25, -0.2) is 0 Å². The molecule has 1 aromatic rings. The normalized spacial score (nSPS) is 20.4. The number of carbonyl (C=O) groups excluding carboxylic acids is 3. The third-order valence-electron chi connectivity index (χ3n) is 5.34. The fraction of sp³-hybridized carbons (Fsp3) is 0.500. The standard InChI is InChI=1S/C20H24N4O3/c1-14-2-4-17(5-3-14)24-13-16(12-18(24)25)20(27)23-10-6-15(7-11-23)19(26)22-9-8-21/h2-5,15-16H,6-7,9-13H2,1H3,(H,22,26)/t16-/m1/s1. The van der Waals surface area contributed by atoms with E-state index in [1.54, 1.807) is 9.80 Å². The zero-order valence-electron chi connectivity index (χ0n) is 15.5. The number of hydrogen-bond acceptors (Lipinski definition) is 4. The molecule has 2 aliphatic rings. The molecule has 0 spiro atoms. The minimum absolute atomic E-state index is 0.00570. The third kappa shape index (κ3) is 4.27. The molecule has 2 fully saturated rings. The molecule has 27 heavy (non-hydrogen) atoms. The van der Waals surface area contributed by atoms with Gasteiger partial charge in [-0.05, 0) is 31.9 Å². The summed E-state index contributed by atoms with van der Waals surface area (Å²) in [6, 6.07) is 9.63.